The predicted octanol–water partition coefficient (Wildman–Crippen LogP) is 2.54. The molecule has 4 nitrogen and oxygen atoms in total. The molecule has 0 aromatic carbocycles. The van der Waals surface area contributed by atoms with Gasteiger partial charge in [-0.2, -0.15) is 0 Å². The van der Waals surface area contributed by atoms with Crippen molar-refractivity contribution in [1.82, 2.24) is 14.8 Å². The van der Waals surface area contributed by atoms with Crippen molar-refractivity contribution in [2.75, 3.05) is 32.7 Å². The highest BCUT2D eigenvalue weighted by Gasteiger charge is 2.22. The lowest BCUT2D eigenvalue weighted by molar-refractivity contribution is 0.0626. The maximum Gasteiger partial charge on any atom is 0.272 e. The van der Waals surface area contributed by atoms with E-state index < -0.39 is 0 Å². The third-order valence-corrected chi connectivity index (χ3v) is 3.86. The van der Waals surface area contributed by atoms with Gasteiger partial charge in [0.1, 0.15) is 5.69 Å². The molecule has 0 aliphatic carbocycles. The molecule has 110 valence electrons. The van der Waals surface area contributed by atoms with Gasteiger partial charge in [0.2, 0.25) is 0 Å². The Hall–Kier alpha value is -1.13. The normalized spacial score (nSPS) is 16.7. The smallest absolute Gasteiger partial charge is 0.272 e. The van der Waals surface area contributed by atoms with E-state index in [9.17, 15) is 4.79 Å². The molecule has 2 rings (SSSR count). The van der Waals surface area contributed by atoms with Gasteiger partial charge in [0.25, 0.3) is 5.91 Å². The number of hydrogen-bond donors (Lipinski definition) is 0. The predicted molar refractivity (Wildman–Crippen MR) is 81.0 cm³/mol. The van der Waals surface area contributed by atoms with Crippen molar-refractivity contribution < 1.29 is 4.79 Å². The second kappa shape index (κ2) is 7.04. The van der Waals surface area contributed by atoms with E-state index >= 15 is 0 Å². The largest absolute Gasteiger partial charge is 0.335 e. The first-order valence-electron chi connectivity index (χ1n) is 7.19. The quantitative estimate of drug-likeness (QED) is 0.856. The van der Waals surface area contributed by atoms with Crippen LogP contribution in [0.4, 0.5) is 0 Å². The summed E-state index contributed by atoms with van der Waals surface area (Å²) >= 11 is 5.90. The topological polar surface area (TPSA) is 36.4 Å². The van der Waals surface area contributed by atoms with Crippen LogP contribution in [-0.2, 0) is 0 Å². The van der Waals surface area contributed by atoms with E-state index in [4.69, 9.17) is 11.6 Å². The molecule has 0 unspecified atom stereocenters. The molecule has 1 saturated heterocycles. The first-order valence-corrected chi connectivity index (χ1v) is 7.57. The minimum atomic E-state index is -0.0176. The highest BCUT2D eigenvalue weighted by atomic mass is 35.5. The third kappa shape index (κ3) is 4.18. The van der Waals surface area contributed by atoms with Gasteiger partial charge < -0.3 is 4.90 Å². The number of amides is 1. The Bertz CT molecular complexity index is 456. The molecule has 1 aliphatic heterocycles. The lowest BCUT2D eigenvalue weighted by Crippen LogP contribution is -2.49. The molecule has 0 radical (unpaired) electrons. The monoisotopic (exact) mass is 295 g/mol. The summed E-state index contributed by atoms with van der Waals surface area (Å²) in [6.45, 7) is 9.03. The number of carbonyl (C=O) groups is 1. The van der Waals surface area contributed by atoms with Crippen molar-refractivity contribution in [3.8, 4) is 0 Å². The fraction of sp³-hybridized carbons (Fsp3) is 0.600. The summed E-state index contributed by atoms with van der Waals surface area (Å²) in [7, 11) is 0. The average Bonchev–Trinajstić information content (AvgIpc) is 2.45. The SMILES string of the molecule is CC(C)CCN1CCN(C(=O)c2cc(Cl)ccn2)CC1. The molecule has 1 aromatic rings. The molecule has 0 spiro atoms. The second-order valence-electron chi connectivity index (χ2n) is 5.68. The molecule has 0 saturated carbocycles. The van der Waals surface area contributed by atoms with Crippen LogP contribution >= 0.6 is 11.6 Å². The lowest BCUT2D eigenvalue weighted by Gasteiger charge is -2.34. The Morgan fingerprint density at radius 2 is 2.05 bits per heavy atom. The summed E-state index contributed by atoms with van der Waals surface area (Å²) in [5, 5.41) is 0.555. The van der Waals surface area contributed by atoms with Gasteiger partial charge in [0.05, 0.1) is 0 Å². The van der Waals surface area contributed by atoms with Crippen LogP contribution < -0.4 is 0 Å². The van der Waals surface area contributed by atoms with E-state index in [0.717, 1.165) is 38.6 Å². The molecule has 0 N–H and O–H groups in total. The van der Waals surface area contributed by atoms with Crippen LogP contribution in [0, 0.1) is 5.92 Å². The Labute approximate surface area is 125 Å². The van der Waals surface area contributed by atoms with Gasteiger partial charge >= 0.3 is 0 Å². The summed E-state index contributed by atoms with van der Waals surface area (Å²) in [5.74, 6) is 0.710. The zero-order valence-corrected chi connectivity index (χ0v) is 12.9. The number of rotatable bonds is 4. The number of carbonyl (C=O) groups excluding carboxylic acids is 1. The van der Waals surface area contributed by atoms with E-state index in [0.29, 0.717) is 10.7 Å². The molecule has 20 heavy (non-hydrogen) atoms. The standard InChI is InChI=1S/C15H22ClN3O/c1-12(2)4-6-18-7-9-19(10-8-18)15(20)14-11-13(16)3-5-17-14/h3,5,11-12H,4,6-10H2,1-2H3. The summed E-state index contributed by atoms with van der Waals surface area (Å²) in [6, 6.07) is 3.32. The number of pyridine rings is 1. The van der Waals surface area contributed by atoms with Crippen LogP contribution in [0.1, 0.15) is 30.8 Å². The van der Waals surface area contributed by atoms with Gasteiger partial charge in [-0.25, -0.2) is 0 Å². The molecule has 1 fully saturated rings. The molecule has 0 bridgehead atoms. The van der Waals surface area contributed by atoms with Gasteiger partial charge in [-0.1, -0.05) is 25.4 Å². The van der Waals surface area contributed by atoms with Gasteiger partial charge in [0, 0.05) is 37.4 Å². The van der Waals surface area contributed by atoms with Crippen LogP contribution in [-0.4, -0.2) is 53.4 Å². The number of aromatic nitrogens is 1. The van der Waals surface area contributed by atoms with Gasteiger partial charge in [0.15, 0.2) is 0 Å². The third-order valence-electron chi connectivity index (χ3n) is 3.62. The van der Waals surface area contributed by atoms with Crippen molar-refractivity contribution in [2.24, 2.45) is 5.92 Å². The molecular weight excluding hydrogens is 274 g/mol. The van der Waals surface area contributed by atoms with Crippen molar-refractivity contribution in [1.29, 1.82) is 0 Å². The number of hydrogen-bond acceptors (Lipinski definition) is 3. The van der Waals surface area contributed by atoms with E-state index in [-0.39, 0.29) is 5.91 Å². The first kappa shape index (κ1) is 15.3. The van der Waals surface area contributed by atoms with Crippen LogP contribution in [0.25, 0.3) is 0 Å². The first-order chi connectivity index (χ1) is 9.56. The van der Waals surface area contributed by atoms with Gasteiger partial charge in [-0.05, 0) is 31.0 Å². The molecular formula is C15H22ClN3O. The average molecular weight is 296 g/mol. The fourth-order valence-electron chi connectivity index (χ4n) is 2.30. The van der Waals surface area contributed by atoms with Crippen LogP contribution in [0.3, 0.4) is 0 Å². The fourth-order valence-corrected chi connectivity index (χ4v) is 2.46. The maximum absolute atomic E-state index is 12.3. The molecule has 2 heterocycles. The Morgan fingerprint density at radius 1 is 1.35 bits per heavy atom. The maximum atomic E-state index is 12.3. The summed E-state index contributed by atoms with van der Waals surface area (Å²) in [4.78, 5) is 20.7. The second-order valence-corrected chi connectivity index (χ2v) is 6.11. The Kier molecular flexibility index (Phi) is 5.38. The van der Waals surface area contributed by atoms with Gasteiger partial charge in [-0.15, -0.1) is 0 Å². The van der Waals surface area contributed by atoms with E-state index in [1.165, 1.54) is 6.42 Å². The number of piperazine rings is 1. The Morgan fingerprint density at radius 3 is 2.65 bits per heavy atom. The lowest BCUT2D eigenvalue weighted by atomic mass is 10.1. The minimum absolute atomic E-state index is 0.0176. The zero-order chi connectivity index (χ0) is 14.5. The summed E-state index contributed by atoms with van der Waals surface area (Å²) in [6.07, 6.45) is 2.79. The summed E-state index contributed by atoms with van der Waals surface area (Å²) < 4.78 is 0. The van der Waals surface area contributed by atoms with Crippen molar-refractivity contribution in [3.05, 3.63) is 29.0 Å². The van der Waals surface area contributed by atoms with Gasteiger partial charge in [-0.3, -0.25) is 14.7 Å². The van der Waals surface area contributed by atoms with Crippen LogP contribution in [0.15, 0.2) is 18.3 Å². The highest BCUT2D eigenvalue weighted by Crippen LogP contribution is 2.12. The number of halogens is 1. The van der Waals surface area contributed by atoms with E-state index in [1.54, 1.807) is 18.3 Å². The van der Waals surface area contributed by atoms with Crippen LogP contribution in [0.5, 0.6) is 0 Å². The minimum Gasteiger partial charge on any atom is -0.335 e. The molecule has 1 aromatic heterocycles. The van der Waals surface area contributed by atoms with Crippen molar-refractivity contribution in [2.45, 2.75) is 20.3 Å². The van der Waals surface area contributed by atoms with Crippen molar-refractivity contribution >= 4 is 17.5 Å². The Balaban J connectivity index is 1.86. The molecule has 0 atom stereocenters. The molecule has 1 aliphatic rings. The van der Waals surface area contributed by atoms with Crippen LogP contribution in [0.2, 0.25) is 5.02 Å². The van der Waals surface area contributed by atoms with E-state index in [1.807, 2.05) is 4.90 Å². The van der Waals surface area contributed by atoms with Crippen molar-refractivity contribution in [3.63, 3.8) is 0 Å². The molecule has 5 heteroatoms. The highest BCUT2D eigenvalue weighted by molar-refractivity contribution is 6.30. The summed E-state index contributed by atoms with van der Waals surface area (Å²) in [5.41, 5.74) is 0.438. The molecule has 1 amide bonds. The van der Waals surface area contributed by atoms with E-state index in [2.05, 4.69) is 23.7 Å². The zero-order valence-electron chi connectivity index (χ0n) is 12.2. The number of nitrogens with zero attached hydrogens (tertiary/aromatic N) is 3.